The lowest BCUT2D eigenvalue weighted by Gasteiger charge is -2.34. The Hall–Kier alpha value is -3.07. The van der Waals surface area contributed by atoms with Gasteiger partial charge in [-0.1, -0.05) is 60.3 Å². The van der Waals surface area contributed by atoms with E-state index in [1.165, 1.54) is 11.8 Å². The van der Waals surface area contributed by atoms with E-state index in [-0.39, 0.29) is 11.7 Å². The average molecular weight is 475 g/mol. The largest absolute Gasteiger partial charge is 0.368 e. The molecule has 1 atom stereocenters. The van der Waals surface area contributed by atoms with Gasteiger partial charge in [-0.15, -0.1) is 11.8 Å². The van der Waals surface area contributed by atoms with Crippen molar-refractivity contribution in [3.05, 3.63) is 89.6 Å². The van der Waals surface area contributed by atoms with Gasteiger partial charge in [0.05, 0.1) is 16.4 Å². The van der Waals surface area contributed by atoms with Gasteiger partial charge in [0.1, 0.15) is 5.82 Å². The minimum absolute atomic E-state index is 0.159. The van der Waals surface area contributed by atoms with Crippen molar-refractivity contribution in [2.45, 2.75) is 12.6 Å². The van der Waals surface area contributed by atoms with Gasteiger partial charge in [0.25, 0.3) is 0 Å². The minimum atomic E-state index is -0.787. The number of amides is 1. The summed E-state index contributed by atoms with van der Waals surface area (Å²) in [5, 5.41) is 14.5. The van der Waals surface area contributed by atoms with E-state index in [1.807, 2.05) is 66.7 Å². The number of pyridine rings is 1. The third-order valence-electron chi connectivity index (χ3n) is 5.30. The van der Waals surface area contributed by atoms with Crippen LogP contribution in [0.2, 0.25) is 0 Å². The Morgan fingerprint density at radius 2 is 1.82 bits per heavy atom. The molecule has 2 N–H and O–H groups in total. The molecule has 1 aromatic heterocycles. The molecule has 2 aliphatic heterocycles. The van der Waals surface area contributed by atoms with Crippen LogP contribution in [0.15, 0.2) is 94.6 Å². The van der Waals surface area contributed by atoms with Crippen LogP contribution in [0, 0.1) is 0 Å². The second-order valence-electron chi connectivity index (χ2n) is 7.52. The number of hydrogen-bond acceptors (Lipinski definition) is 7. The van der Waals surface area contributed by atoms with Crippen LogP contribution in [-0.4, -0.2) is 38.9 Å². The molecule has 33 heavy (non-hydrogen) atoms. The second kappa shape index (κ2) is 9.82. The normalized spacial score (nSPS) is 17.5. The lowest BCUT2D eigenvalue weighted by Crippen LogP contribution is -2.42. The van der Waals surface area contributed by atoms with E-state index in [4.69, 9.17) is 4.99 Å². The summed E-state index contributed by atoms with van der Waals surface area (Å²) in [5.41, 5.74) is 3.83. The van der Waals surface area contributed by atoms with E-state index in [0.29, 0.717) is 11.0 Å². The van der Waals surface area contributed by atoms with Gasteiger partial charge in [-0.3, -0.25) is 9.69 Å². The summed E-state index contributed by atoms with van der Waals surface area (Å²) in [7, 11) is 0. The Balaban J connectivity index is 1.27. The lowest BCUT2D eigenvalue weighted by molar-refractivity contribution is -0.113. The first-order valence-electron chi connectivity index (χ1n) is 10.6. The Bertz CT molecular complexity index is 1200. The number of carbonyl (C=O) groups excluding carboxylic acids is 1. The quantitative estimate of drug-likeness (QED) is 0.544. The van der Waals surface area contributed by atoms with Crippen molar-refractivity contribution in [1.29, 1.82) is 0 Å². The van der Waals surface area contributed by atoms with Crippen molar-refractivity contribution < 1.29 is 9.90 Å². The zero-order valence-corrected chi connectivity index (χ0v) is 19.4. The highest BCUT2D eigenvalue weighted by molar-refractivity contribution is 8.14. The van der Waals surface area contributed by atoms with Crippen LogP contribution in [0.1, 0.15) is 6.42 Å². The van der Waals surface area contributed by atoms with Crippen molar-refractivity contribution in [2.75, 3.05) is 21.7 Å². The highest BCUT2D eigenvalue weighted by Gasteiger charge is 2.34. The summed E-state index contributed by atoms with van der Waals surface area (Å²) < 4.78 is 0. The maximum absolute atomic E-state index is 12.6. The number of nitrogens with one attached hydrogen (secondary N) is 1. The fourth-order valence-corrected chi connectivity index (χ4v) is 5.65. The molecule has 1 amide bonds. The minimum Gasteiger partial charge on any atom is -0.368 e. The number of hydrogen-bond donors (Lipinski definition) is 2. The smallest absolute Gasteiger partial charge is 0.236 e. The summed E-state index contributed by atoms with van der Waals surface area (Å²) in [4.78, 5) is 24.5. The summed E-state index contributed by atoms with van der Waals surface area (Å²) in [6, 6.07) is 23.4. The van der Waals surface area contributed by atoms with Gasteiger partial charge in [-0.2, -0.15) is 0 Å². The van der Waals surface area contributed by atoms with Crippen LogP contribution < -0.4 is 10.2 Å². The Morgan fingerprint density at radius 1 is 1.06 bits per heavy atom. The standard InChI is InChI=1S/C25H22N4O2S2/c30-22(28-21-12-11-18(15-26-21)17-7-3-1-4-8-17)16-33-25-27-20-13-14-32-23(20)24(31)29(25)19-9-5-2-6-10-19/h1-12,15,24,31H,13-14,16H2,(H,26,28,30). The van der Waals surface area contributed by atoms with Crippen molar-refractivity contribution >= 4 is 46.1 Å². The van der Waals surface area contributed by atoms with Gasteiger partial charge in [0, 0.05) is 29.6 Å². The number of allylic oxidation sites excluding steroid dienone is 1. The molecule has 0 saturated carbocycles. The van der Waals surface area contributed by atoms with E-state index >= 15 is 0 Å². The zero-order valence-electron chi connectivity index (χ0n) is 17.7. The van der Waals surface area contributed by atoms with Crippen molar-refractivity contribution in [3.63, 3.8) is 0 Å². The molecule has 5 rings (SSSR count). The maximum Gasteiger partial charge on any atom is 0.236 e. The van der Waals surface area contributed by atoms with Crippen molar-refractivity contribution in [1.82, 2.24) is 4.98 Å². The summed E-state index contributed by atoms with van der Waals surface area (Å²) in [6.45, 7) is 0. The number of para-hydroxylation sites is 1. The molecule has 0 radical (unpaired) electrons. The topological polar surface area (TPSA) is 77.8 Å². The second-order valence-corrected chi connectivity index (χ2v) is 9.60. The highest BCUT2D eigenvalue weighted by Crippen LogP contribution is 2.41. The van der Waals surface area contributed by atoms with Crippen LogP contribution in [-0.2, 0) is 4.79 Å². The Labute approximate surface area is 200 Å². The third-order valence-corrected chi connectivity index (χ3v) is 7.42. The number of rotatable bonds is 5. The van der Waals surface area contributed by atoms with Crippen LogP contribution in [0.3, 0.4) is 0 Å². The van der Waals surface area contributed by atoms with Gasteiger partial charge < -0.3 is 10.4 Å². The number of benzene rings is 2. The predicted octanol–water partition coefficient (Wildman–Crippen LogP) is 4.96. The van der Waals surface area contributed by atoms with E-state index in [9.17, 15) is 9.90 Å². The van der Waals surface area contributed by atoms with Gasteiger partial charge in [-0.25, -0.2) is 9.98 Å². The van der Waals surface area contributed by atoms with Crippen LogP contribution in [0.4, 0.5) is 11.5 Å². The number of aliphatic hydroxyl groups is 1. The molecule has 0 aliphatic carbocycles. The number of thioether (sulfide) groups is 2. The summed E-state index contributed by atoms with van der Waals surface area (Å²) >= 11 is 2.96. The van der Waals surface area contributed by atoms with E-state index in [0.717, 1.165) is 39.6 Å². The van der Waals surface area contributed by atoms with Crippen molar-refractivity contribution in [3.8, 4) is 11.1 Å². The molecule has 2 aliphatic rings. The summed E-state index contributed by atoms with van der Waals surface area (Å²) in [5.74, 6) is 1.40. The molecule has 0 saturated heterocycles. The van der Waals surface area contributed by atoms with E-state index in [2.05, 4.69) is 10.3 Å². The average Bonchev–Trinajstić information content (AvgIpc) is 3.33. The fourth-order valence-electron chi connectivity index (χ4n) is 3.71. The molecule has 0 spiro atoms. The first-order chi connectivity index (χ1) is 16.2. The number of aliphatic hydroxyl groups excluding tert-OH is 1. The van der Waals surface area contributed by atoms with Gasteiger partial charge in [0.15, 0.2) is 11.4 Å². The van der Waals surface area contributed by atoms with Gasteiger partial charge in [-0.05, 0) is 29.8 Å². The molecule has 0 fully saturated rings. The van der Waals surface area contributed by atoms with Crippen LogP contribution in [0.5, 0.6) is 0 Å². The van der Waals surface area contributed by atoms with E-state index < -0.39 is 6.23 Å². The van der Waals surface area contributed by atoms with Crippen LogP contribution in [0.25, 0.3) is 11.1 Å². The molecule has 6 nitrogen and oxygen atoms in total. The van der Waals surface area contributed by atoms with Gasteiger partial charge >= 0.3 is 0 Å². The fraction of sp³-hybridized carbons (Fsp3) is 0.160. The molecule has 3 aromatic rings. The lowest BCUT2D eigenvalue weighted by atomic mass is 10.1. The number of nitrogens with zero attached hydrogens (tertiary/aromatic N) is 3. The Morgan fingerprint density at radius 3 is 2.55 bits per heavy atom. The molecule has 0 bridgehead atoms. The molecule has 166 valence electrons. The molecular weight excluding hydrogens is 452 g/mol. The monoisotopic (exact) mass is 474 g/mol. The number of aromatic nitrogens is 1. The zero-order chi connectivity index (χ0) is 22.6. The SMILES string of the molecule is O=C(CSC1=NC2=C(SCC2)C(O)N1c1ccccc1)Nc1ccc(-c2ccccc2)cn1. The molecular formula is C25H22N4O2S2. The summed E-state index contributed by atoms with van der Waals surface area (Å²) in [6.07, 6.45) is 1.79. The maximum atomic E-state index is 12.6. The third kappa shape index (κ3) is 4.83. The Kier molecular flexibility index (Phi) is 6.48. The number of aliphatic imine (C=N–C) groups is 1. The molecule has 2 aromatic carbocycles. The highest BCUT2D eigenvalue weighted by atomic mass is 32.2. The predicted molar refractivity (Wildman–Crippen MR) is 137 cm³/mol. The number of anilines is 2. The molecule has 1 unspecified atom stereocenters. The number of carbonyl (C=O) groups is 1. The van der Waals surface area contributed by atoms with Crippen molar-refractivity contribution in [2.24, 2.45) is 4.99 Å². The van der Waals surface area contributed by atoms with Gasteiger partial charge in [0.2, 0.25) is 5.91 Å². The molecule has 8 heteroatoms. The number of amidine groups is 1. The first-order valence-corrected chi connectivity index (χ1v) is 12.6. The van der Waals surface area contributed by atoms with Crippen LogP contribution >= 0.6 is 23.5 Å². The molecule has 3 heterocycles. The van der Waals surface area contributed by atoms with E-state index in [1.54, 1.807) is 28.9 Å². The first kappa shape index (κ1) is 21.8.